The molecular formula is C19H15N5O3S. The van der Waals surface area contributed by atoms with Gasteiger partial charge < -0.3 is 4.42 Å². The number of thioether (sulfide) groups is 1. The fraction of sp³-hybridized carbons (Fsp3) is 0.158. The van der Waals surface area contributed by atoms with E-state index in [1.165, 1.54) is 16.3 Å². The highest BCUT2D eigenvalue weighted by molar-refractivity contribution is 7.99. The van der Waals surface area contributed by atoms with E-state index in [1.54, 1.807) is 23.7 Å². The summed E-state index contributed by atoms with van der Waals surface area (Å²) in [7, 11) is 1.68. The molecule has 9 heteroatoms. The maximum Gasteiger partial charge on any atom is 0.419 e. The normalized spacial score (nSPS) is 11.8. The van der Waals surface area contributed by atoms with Gasteiger partial charge in [-0.1, -0.05) is 36.0 Å². The third-order valence-corrected chi connectivity index (χ3v) is 5.63. The fourth-order valence-corrected chi connectivity index (χ4v) is 4.22. The average molecular weight is 393 g/mol. The van der Waals surface area contributed by atoms with Crippen LogP contribution in [0.5, 0.6) is 0 Å². The number of hydrogen-bond acceptors (Lipinski definition) is 6. The first-order valence-corrected chi connectivity index (χ1v) is 9.68. The van der Waals surface area contributed by atoms with Gasteiger partial charge in [-0.25, -0.2) is 4.79 Å². The SMILES string of the molecule is Cn1c(=O)c2ccccc2n2c(SCCn3c(=O)oc4ccccc43)nnc12. The largest absolute Gasteiger partial charge is 0.419 e. The lowest BCUT2D eigenvalue weighted by molar-refractivity contribution is 0.514. The van der Waals surface area contributed by atoms with E-state index in [0.717, 1.165) is 11.0 Å². The average Bonchev–Trinajstić information content (AvgIpc) is 3.27. The maximum atomic E-state index is 12.5. The molecule has 8 nitrogen and oxygen atoms in total. The van der Waals surface area contributed by atoms with Crippen LogP contribution in [0.15, 0.2) is 67.7 Å². The number of aryl methyl sites for hydroxylation is 2. The van der Waals surface area contributed by atoms with Crippen LogP contribution in [0, 0.1) is 0 Å². The molecule has 0 aliphatic rings. The number of nitrogens with zero attached hydrogens (tertiary/aromatic N) is 5. The zero-order valence-corrected chi connectivity index (χ0v) is 15.7. The predicted molar refractivity (Wildman–Crippen MR) is 107 cm³/mol. The first-order valence-electron chi connectivity index (χ1n) is 8.69. The standard InChI is InChI=1S/C19H15N5O3S/c1-22-16(25)12-6-2-3-7-13(12)24-17(22)20-21-18(24)28-11-10-23-14-8-4-5-9-15(14)27-19(23)26/h2-9H,10-11H2,1H3. The van der Waals surface area contributed by atoms with Crippen LogP contribution in [-0.2, 0) is 13.6 Å². The molecule has 5 aromatic rings. The summed E-state index contributed by atoms with van der Waals surface area (Å²) < 4.78 is 10.2. The fourth-order valence-electron chi connectivity index (χ4n) is 3.36. The van der Waals surface area contributed by atoms with Crippen LogP contribution in [0.3, 0.4) is 0 Å². The van der Waals surface area contributed by atoms with E-state index in [9.17, 15) is 9.59 Å². The number of benzene rings is 2. The van der Waals surface area contributed by atoms with Crippen molar-refractivity contribution < 1.29 is 4.42 Å². The maximum absolute atomic E-state index is 12.5. The summed E-state index contributed by atoms with van der Waals surface area (Å²) in [6.07, 6.45) is 0. The summed E-state index contributed by atoms with van der Waals surface area (Å²) in [6, 6.07) is 14.7. The van der Waals surface area contributed by atoms with Gasteiger partial charge in [-0.2, -0.15) is 0 Å². The van der Waals surface area contributed by atoms with E-state index in [4.69, 9.17) is 4.42 Å². The van der Waals surface area contributed by atoms with Gasteiger partial charge in [0.25, 0.3) is 5.56 Å². The molecule has 3 heterocycles. The summed E-state index contributed by atoms with van der Waals surface area (Å²) in [6.45, 7) is 0.471. The molecule has 3 aromatic heterocycles. The minimum Gasteiger partial charge on any atom is -0.408 e. The van der Waals surface area contributed by atoms with Crippen LogP contribution < -0.4 is 11.3 Å². The number of hydrogen-bond donors (Lipinski definition) is 0. The molecule has 2 aromatic carbocycles. The molecule has 0 saturated heterocycles. The zero-order chi connectivity index (χ0) is 19.3. The van der Waals surface area contributed by atoms with Crippen molar-refractivity contribution in [1.29, 1.82) is 0 Å². The first-order chi connectivity index (χ1) is 13.6. The molecule has 140 valence electrons. The molecule has 5 rings (SSSR count). The van der Waals surface area contributed by atoms with Crippen molar-refractivity contribution in [2.24, 2.45) is 7.05 Å². The highest BCUT2D eigenvalue weighted by Gasteiger charge is 2.15. The minimum absolute atomic E-state index is 0.108. The lowest BCUT2D eigenvalue weighted by Crippen LogP contribution is -2.20. The van der Waals surface area contributed by atoms with E-state index in [2.05, 4.69) is 10.2 Å². The molecule has 0 saturated carbocycles. The molecule has 0 N–H and O–H groups in total. The van der Waals surface area contributed by atoms with Gasteiger partial charge in [-0.15, -0.1) is 10.2 Å². The Morgan fingerprint density at radius 2 is 1.75 bits per heavy atom. The van der Waals surface area contributed by atoms with Crippen LogP contribution in [0.4, 0.5) is 0 Å². The van der Waals surface area contributed by atoms with Gasteiger partial charge in [0, 0.05) is 19.3 Å². The molecule has 0 fully saturated rings. The van der Waals surface area contributed by atoms with E-state index < -0.39 is 0 Å². The first kappa shape index (κ1) is 16.8. The molecule has 0 unspecified atom stereocenters. The van der Waals surface area contributed by atoms with Crippen molar-refractivity contribution in [3.05, 3.63) is 69.4 Å². The molecule has 0 radical (unpaired) electrons. The van der Waals surface area contributed by atoms with E-state index in [0.29, 0.717) is 34.2 Å². The Morgan fingerprint density at radius 1 is 1.00 bits per heavy atom. The van der Waals surface area contributed by atoms with Crippen LogP contribution in [-0.4, -0.2) is 29.5 Å². The third-order valence-electron chi connectivity index (χ3n) is 4.72. The quantitative estimate of drug-likeness (QED) is 0.436. The van der Waals surface area contributed by atoms with Crippen molar-refractivity contribution in [3.8, 4) is 0 Å². The van der Waals surface area contributed by atoms with Gasteiger partial charge in [-0.3, -0.25) is 18.3 Å². The van der Waals surface area contributed by atoms with Crippen molar-refractivity contribution in [3.63, 3.8) is 0 Å². The lowest BCUT2D eigenvalue weighted by atomic mass is 10.2. The van der Waals surface area contributed by atoms with Crippen molar-refractivity contribution >= 4 is 39.5 Å². The van der Waals surface area contributed by atoms with Gasteiger partial charge in [0.2, 0.25) is 5.78 Å². The molecule has 0 aliphatic carbocycles. The number of aromatic nitrogens is 5. The molecule has 0 aliphatic heterocycles. The summed E-state index contributed by atoms with van der Waals surface area (Å²) >= 11 is 1.47. The molecule has 0 amide bonds. The van der Waals surface area contributed by atoms with Crippen molar-refractivity contribution in [2.45, 2.75) is 11.7 Å². The zero-order valence-electron chi connectivity index (χ0n) is 14.9. The predicted octanol–water partition coefficient (Wildman–Crippen LogP) is 2.28. The van der Waals surface area contributed by atoms with Gasteiger partial charge in [-0.05, 0) is 24.3 Å². The Morgan fingerprint density at radius 3 is 2.61 bits per heavy atom. The summed E-state index contributed by atoms with van der Waals surface area (Å²) in [5.41, 5.74) is 2.00. The Balaban J connectivity index is 1.52. The highest BCUT2D eigenvalue weighted by Crippen LogP contribution is 2.22. The number of rotatable bonds is 4. The van der Waals surface area contributed by atoms with E-state index in [1.807, 2.05) is 40.8 Å². The Hall–Kier alpha value is -3.33. The monoisotopic (exact) mass is 393 g/mol. The summed E-state index contributed by atoms with van der Waals surface area (Å²) in [4.78, 5) is 24.6. The smallest absolute Gasteiger partial charge is 0.408 e. The molecular weight excluding hydrogens is 378 g/mol. The van der Waals surface area contributed by atoms with E-state index >= 15 is 0 Å². The van der Waals surface area contributed by atoms with Gasteiger partial charge >= 0.3 is 5.76 Å². The molecule has 0 bridgehead atoms. The van der Waals surface area contributed by atoms with E-state index in [-0.39, 0.29) is 11.3 Å². The number of fused-ring (bicyclic) bond motifs is 4. The summed E-state index contributed by atoms with van der Waals surface area (Å²) in [5.74, 6) is 0.708. The van der Waals surface area contributed by atoms with Gasteiger partial charge in [0.15, 0.2) is 10.7 Å². The second-order valence-corrected chi connectivity index (χ2v) is 7.40. The van der Waals surface area contributed by atoms with Crippen LogP contribution in [0.25, 0.3) is 27.8 Å². The third kappa shape index (κ3) is 2.47. The van der Waals surface area contributed by atoms with Gasteiger partial charge in [0.05, 0.1) is 16.4 Å². The number of oxazole rings is 1. The van der Waals surface area contributed by atoms with Crippen molar-refractivity contribution in [1.82, 2.24) is 23.7 Å². The molecule has 0 spiro atoms. The highest BCUT2D eigenvalue weighted by atomic mass is 32.2. The Labute approximate surface area is 162 Å². The molecule has 28 heavy (non-hydrogen) atoms. The van der Waals surface area contributed by atoms with Crippen LogP contribution >= 0.6 is 11.8 Å². The second-order valence-electron chi connectivity index (χ2n) is 6.34. The van der Waals surface area contributed by atoms with Crippen molar-refractivity contribution in [2.75, 3.05) is 5.75 Å². The number of para-hydroxylation sites is 3. The molecule has 0 atom stereocenters. The Bertz CT molecular complexity index is 1460. The van der Waals surface area contributed by atoms with Crippen LogP contribution in [0.2, 0.25) is 0 Å². The lowest BCUT2D eigenvalue weighted by Gasteiger charge is -2.07. The topological polar surface area (TPSA) is 87.3 Å². The summed E-state index contributed by atoms with van der Waals surface area (Å²) in [5, 5.41) is 9.71. The van der Waals surface area contributed by atoms with Crippen LogP contribution in [0.1, 0.15) is 0 Å². The second kappa shape index (κ2) is 6.38. The minimum atomic E-state index is -0.374. The Kier molecular flexibility index (Phi) is 3.83. The van der Waals surface area contributed by atoms with Gasteiger partial charge in [0.1, 0.15) is 0 Å².